The molecule has 0 amide bonds. The van der Waals surface area contributed by atoms with Crippen LogP contribution in [0.25, 0.3) is 0 Å². The van der Waals surface area contributed by atoms with E-state index in [2.05, 4.69) is 18.2 Å². The normalized spacial score (nSPS) is 36.8. The summed E-state index contributed by atoms with van der Waals surface area (Å²) in [6, 6.07) is 13.8. The van der Waals surface area contributed by atoms with Gasteiger partial charge in [-0.05, 0) is 30.9 Å². The van der Waals surface area contributed by atoms with Gasteiger partial charge in [0.15, 0.2) is 5.41 Å². The Morgan fingerprint density at radius 2 is 1.85 bits per heavy atom. The molecular formula is C20H18N4O2. The molecular weight excluding hydrogens is 328 g/mol. The summed E-state index contributed by atoms with van der Waals surface area (Å²) in [5.41, 5.74) is -1.90. The lowest BCUT2D eigenvalue weighted by molar-refractivity contribution is -0.294. The van der Waals surface area contributed by atoms with Crippen LogP contribution in [0.1, 0.15) is 42.9 Å². The van der Waals surface area contributed by atoms with Crippen molar-refractivity contribution >= 4 is 5.90 Å². The smallest absolute Gasteiger partial charge is 0.217 e. The van der Waals surface area contributed by atoms with E-state index in [0.29, 0.717) is 18.4 Å². The van der Waals surface area contributed by atoms with Gasteiger partial charge in [-0.3, -0.25) is 5.41 Å². The van der Waals surface area contributed by atoms with E-state index in [1.54, 1.807) is 0 Å². The van der Waals surface area contributed by atoms with Crippen LogP contribution in [0, 0.1) is 63.1 Å². The predicted molar refractivity (Wildman–Crippen MR) is 90.2 cm³/mol. The Kier molecular flexibility index (Phi) is 3.38. The molecule has 4 unspecified atom stereocenters. The van der Waals surface area contributed by atoms with Crippen molar-refractivity contribution in [1.82, 2.24) is 0 Å². The zero-order valence-corrected chi connectivity index (χ0v) is 14.5. The molecule has 3 fully saturated rings. The molecule has 1 N–H and O–H groups in total. The molecule has 4 atom stereocenters. The monoisotopic (exact) mass is 346 g/mol. The second-order valence-electron chi connectivity index (χ2n) is 7.35. The van der Waals surface area contributed by atoms with Gasteiger partial charge in [0.05, 0.1) is 24.1 Å². The van der Waals surface area contributed by atoms with Crippen molar-refractivity contribution in [2.24, 2.45) is 16.7 Å². The van der Waals surface area contributed by atoms with E-state index < -0.39 is 28.6 Å². The van der Waals surface area contributed by atoms with E-state index in [9.17, 15) is 15.8 Å². The van der Waals surface area contributed by atoms with Crippen molar-refractivity contribution in [2.75, 3.05) is 0 Å². The van der Waals surface area contributed by atoms with Crippen LogP contribution in [-0.4, -0.2) is 11.7 Å². The third-order valence-electron chi connectivity index (χ3n) is 6.29. The molecule has 130 valence electrons. The summed E-state index contributed by atoms with van der Waals surface area (Å²) in [6.45, 7) is 1.88. The molecule has 0 aromatic heterocycles. The Bertz CT molecular complexity index is 907. The third kappa shape index (κ3) is 1.64. The molecule has 2 bridgehead atoms. The molecule has 1 saturated carbocycles. The lowest BCUT2D eigenvalue weighted by Gasteiger charge is -2.51. The number of aryl methyl sites for hydroxylation is 1. The second kappa shape index (κ2) is 5.31. The number of nitrogens with one attached hydrogen (secondary N) is 1. The molecule has 6 heteroatoms. The minimum Gasteiger partial charge on any atom is -0.447 e. The van der Waals surface area contributed by atoms with Crippen molar-refractivity contribution in [3.05, 3.63) is 35.4 Å². The minimum absolute atomic E-state index is 0.300. The summed E-state index contributed by atoms with van der Waals surface area (Å²) in [5.74, 6) is -1.89. The highest BCUT2D eigenvalue weighted by atomic mass is 16.7. The molecule has 1 aromatic rings. The Labute approximate surface area is 152 Å². The number of rotatable bonds is 1. The van der Waals surface area contributed by atoms with Crippen LogP contribution >= 0.6 is 0 Å². The van der Waals surface area contributed by atoms with Gasteiger partial charge < -0.3 is 9.47 Å². The lowest BCUT2D eigenvalue weighted by Crippen LogP contribution is -2.60. The van der Waals surface area contributed by atoms with Crippen LogP contribution < -0.4 is 0 Å². The van der Waals surface area contributed by atoms with Crippen molar-refractivity contribution in [2.45, 2.75) is 44.5 Å². The van der Waals surface area contributed by atoms with Gasteiger partial charge in [-0.1, -0.05) is 30.7 Å². The summed E-state index contributed by atoms with van der Waals surface area (Å²) in [4.78, 5) is 0. The van der Waals surface area contributed by atoms with Gasteiger partial charge in [-0.25, -0.2) is 0 Å². The summed E-state index contributed by atoms with van der Waals surface area (Å²) >= 11 is 0. The highest BCUT2D eigenvalue weighted by Crippen LogP contribution is 2.69. The zero-order chi connectivity index (χ0) is 18.6. The average Bonchev–Trinajstić information content (AvgIpc) is 2.87. The predicted octanol–water partition coefficient (Wildman–Crippen LogP) is 3.50. The number of nitrogens with zero attached hydrogens (tertiary/aromatic N) is 3. The summed E-state index contributed by atoms with van der Waals surface area (Å²) in [7, 11) is 0. The summed E-state index contributed by atoms with van der Waals surface area (Å²) in [6.07, 6.45) is 1.92. The van der Waals surface area contributed by atoms with Crippen molar-refractivity contribution in [3.63, 3.8) is 0 Å². The van der Waals surface area contributed by atoms with E-state index in [1.165, 1.54) is 0 Å². The first kappa shape index (κ1) is 16.6. The molecule has 2 aliphatic heterocycles. The zero-order valence-electron chi connectivity index (χ0n) is 14.5. The Morgan fingerprint density at radius 1 is 1.12 bits per heavy atom. The van der Waals surface area contributed by atoms with Gasteiger partial charge >= 0.3 is 0 Å². The Hall–Kier alpha value is -2.88. The molecule has 6 nitrogen and oxygen atoms in total. The molecule has 0 spiro atoms. The molecule has 2 saturated heterocycles. The SMILES string of the molecule is Cc1ccccc1C1OC23CCCCC2C(C#N)(C(=N)O3)C1(C#N)C#N. The number of hydrogen-bond donors (Lipinski definition) is 1. The number of nitriles is 3. The van der Waals surface area contributed by atoms with Crippen LogP contribution in [0.5, 0.6) is 0 Å². The topological polar surface area (TPSA) is 114 Å². The largest absolute Gasteiger partial charge is 0.447 e. The highest BCUT2D eigenvalue weighted by Gasteiger charge is 2.80. The fraction of sp³-hybridized carbons (Fsp3) is 0.500. The number of benzene rings is 1. The van der Waals surface area contributed by atoms with Crippen molar-refractivity contribution in [3.8, 4) is 18.2 Å². The first-order valence-electron chi connectivity index (χ1n) is 8.76. The van der Waals surface area contributed by atoms with Crippen molar-refractivity contribution < 1.29 is 9.47 Å². The van der Waals surface area contributed by atoms with Crippen LogP contribution in [0.15, 0.2) is 24.3 Å². The molecule has 4 rings (SSSR count). The van der Waals surface area contributed by atoms with Gasteiger partial charge in [-0.15, -0.1) is 0 Å². The maximum absolute atomic E-state index is 10.2. The van der Waals surface area contributed by atoms with E-state index in [0.717, 1.165) is 18.4 Å². The number of ether oxygens (including phenoxy) is 2. The molecule has 1 aromatic carbocycles. The maximum Gasteiger partial charge on any atom is 0.217 e. The van der Waals surface area contributed by atoms with Gasteiger partial charge in [0.25, 0.3) is 0 Å². The number of hydrogen-bond acceptors (Lipinski definition) is 6. The molecule has 2 heterocycles. The average molecular weight is 346 g/mol. The van der Waals surface area contributed by atoms with E-state index in [1.807, 2.05) is 31.2 Å². The van der Waals surface area contributed by atoms with E-state index in [4.69, 9.17) is 14.9 Å². The van der Waals surface area contributed by atoms with Crippen LogP contribution in [0.4, 0.5) is 0 Å². The van der Waals surface area contributed by atoms with Crippen LogP contribution in [0.3, 0.4) is 0 Å². The van der Waals surface area contributed by atoms with Gasteiger partial charge in [0.2, 0.25) is 17.1 Å². The Morgan fingerprint density at radius 3 is 2.50 bits per heavy atom. The van der Waals surface area contributed by atoms with Crippen LogP contribution in [0.2, 0.25) is 0 Å². The minimum atomic E-state index is -1.84. The third-order valence-corrected chi connectivity index (χ3v) is 6.29. The second-order valence-corrected chi connectivity index (χ2v) is 7.35. The first-order chi connectivity index (χ1) is 12.5. The van der Waals surface area contributed by atoms with E-state index in [-0.39, 0.29) is 5.90 Å². The van der Waals surface area contributed by atoms with Gasteiger partial charge in [0.1, 0.15) is 6.10 Å². The molecule has 26 heavy (non-hydrogen) atoms. The Balaban J connectivity index is 2.03. The standard InChI is InChI=1S/C20H18N4O2/c1-13-6-2-3-7-14(13)16-18(10-21,11-22)19(12-23)15-8-4-5-9-20(15,25-16)26-17(19)24/h2-3,6-7,15-16,24H,4-5,8-9H2,1H3. The van der Waals surface area contributed by atoms with Gasteiger partial charge in [0, 0.05) is 6.42 Å². The van der Waals surface area contributed by atoms with Crippen molar-refractivity contribution in [1.29, 1.82) is 21.2 Å². The maximum atomic E-state index is 10.2. The lowest BCUT2D eigenvalue weighted by atomic mass is 9.51. The molecule has 3 aliphatic rings. The fourth-order valence-corrected chi connectivity index (χ4v) is 5.02. The first-order valence-corrected chi connectivity index (χ1v) is 8.76. The van der Waals surface area contributed by atoms with Gasteiger partial charge in [-0.2, -0.15) is 15.8 Å². The quantitative estimate of drug-likeness (QED) is 0.836. The summed E-state index contributed by atoms with van der Waals surface area (Å²) in [5, 5.41) is 38.9. The highest BCUT2D eigenvalue weighted by molar-refractivity contribution is 5.89. The fourth-order valence-electron chi connectivity index (χ4n) is 5.02. The molecule has 1 aliphatic carbocycles. The summed E-state index contributed by atoms with van der Waals surface area (Å²) < 4.78 is 12.2. The van der Waals surface area contributed by atoms with Crippen LogP contribution in [-0.2, 0) is 9.47 Å². The van der Waals surface area contributed by atoms with E-state index >= 15 is 0 Å². The molecule has 0 radical (unpaired) electrons.